The van der Waals surface area contributed by atoms with Crippen molar-refractivity contribution in [3.63, 3.8) is 0 Å². The Balaban J connectivity index is 1.67. The van der Waals surface area contributed by atoms with Crippen molar-refractivity contribution in [2.24, 2.45) is 0 Å². The van der Waals surface area contributed by atoms with Crippen LogP contribution in [0.4, 0.5) is 14.9 Å². The summed E-state index contributed by atoms with van der Waals surface area (Å²) in [6.45, 7) is 0. The third-order valence-corrected chi connectivity index (χ3v) is 5.09. The lowest BCUT2D eigenvalue weighted by Crippen LogP contribution is -2.19. The zero-order valence-corrected chi connectivity index (χ0v) is 12.6. The van der Waals surface area contributed by atoms with Gasteiger partial charge in [-0.1, -0.05) is 0 Å². The van der Waals surface area contributed by atoms with Gasteiger partial charge in [0.05, 0.1) is 11.3 Å². The number of nitrogens with one attached hydrogen (secondary N) is 2. The first-order valence-electron chi connectivity index (χ1n) is 6.51. The highest BCUT2D eigenvalue weighted by Gasteiger charge is 2.18. The summed E-state index contributed by atoms with van der Waals surface area (Å²) >= 11 is 2.67. The van der Waals surface area contributed by atoms with Crippen LogP contribution in [0.5, 0.6) is 0 Å². The fraction of sp³-hybridized carbons (Fsp3) is 0.308. The summed E-state index contributed by atoms with van der Waals surface area (Å²) in [5.74, 6) is -1.06. The van der Waals surface area contributed by atoms with Crippen LogP contribution in [0.25, 0.3) is 0 Å². The summed E-state index contributed by atoms with van der Waals surface area (Å²) in [5, 5.41) is 16.7. The lowest BCUT2D eigenvalue weighted by molar-refractivity contribution is 0.0698. The maximum atomic E-state index is 11.9. The molecule has 1 aliphatic rings. The van der Waals surface area contributed by atoms with Gasteiger partial charge < -0.3 is 5.11 Å². The number of amides is 2. The highest BCUT2D eigenvalue weighted by molar-refractivity contribution is 7.16. The molecule has 0 saturated heterocycles. The van der Waals surface area contributed by atoms with Crippen molar-refractivity contribution < 1.29 is 14.7 Å². The lowest BCUT2D eigenvalue weighted by atomic mass is 10.0. The molecule has 3 N–H and O–H groups in total. The Labute approximate surface area is 128 Å². The van der Waals surface area contributed by atoms with E-state index in [4.69, 9.17) is 5.11 Å². The van der Waals surface area contributed by atoms with E-state index in [1.165, 1.54) is 33.6 Å². The summed E-state index contributed by atoms with van der Waals surface area (Å²) in [7, 11) is 0. The van der Waals surface area contributed by atoms with Crippen LogP contribution in [0.2, 0.25) is 0 Å². The molecule has 0 bridgehead atoms. The number of nitrogens with zero attached hydrogens (tertiary/aromatic N) is 1. The smallest absolute Gasteiger partial charge is 0.338 e. The number of aryl methyl sites for hydroxylation is 2. The van der Waals surface area contributed by atoms with E-state index in [2.05, 4.69) is 15.6 Å². The molecule has 0 fully saturated rings. The molecule has 2 aromatic heterocycles. The maximum absolute atomic E-state index is 11.9. The van der Waals surface area contributed by atoms with Crippen molar-refractivity contribution in [1.82, 2.24) is 4.98 Å². The number of carbonyl (C=O) groups is 2. The van der Waals surface area contributed by atoms with E-state index in [1.54, 1.807) is 5.38 Å². The second-order valence-electron chi connectivity index (χ2n) is 4.64. The molecule has 3 rings (SSSR count). The molecule has 6 nitrogen and oxygen atoms in total. The Morgan fingerprint density at radius 1 is 1.24 bits per heavy atom. The standard InChI is InChI=1S/C13H13N3O3S2/c17-11(18)7-5-6-20-10(7)15-12(19)16-13-14-8-3-1-2-4-9(8)21-13/h5-6H,1-4H2,(H,17,18)(H2,14,15,16,19). The van der Waals surface area contributed by atoms with E-state index in [0.717, 1.165) is 31.4 Å². The number of carboxylic acids is 1. The first-order valence-corrected chi connectivity index (χ1v) is 8.20. The highest BCUT2D eigenvalue weighted by Crippen LogP contribution is 2.30. The van der Waals surface area contributed by atoms with Crippen LogP contribution < -0.4 is 10.6 Å². The summed E-state index contributed by atoms with van der Waals surface area (Å²) in [6.07, 6.45) is 4.28. The summed E-state index contributed by atoms with van der Waals surface area (Å²) in [5.41, 5.74) is 1.16. The second-order valence-corrected chi connectivity index (χ2v) is 6.64. The Morgan fingerprint density at radius 2 is 2.05 bits per heavy atom. The molecular weight excluding hydrogens is 310 g/mol. The summed E-state index contributed by atoms with van der Waals surface area (Å²) in [6, 6.07) is 0.996. The molecule has 0 spiro atoms. The molecule has 0 aliphatic heterocycles. The number of anilines is 2. The Hall–Kier alpha value is -1.93. The number of thiazole rings is 1. The fourth-order valence-electron chi connectivity index (χ4n) is 2.21. The minimum atomic E-state index is -1.06. The molecular formula is C13H13N3O3S2. The van der Waals surface area contributed by atoms with Crippen molar-refractivity contribution in [1.29, 1.82) is 0 Å². The predicted octanol–water partition coefficient (Wildman–Crippen LogP) is 3.43. The third-order valence-electron chi connectivity index (χ3n) is 3.19. The van der Waals surface area contributed by atoms with Crippen LogP contribution in [-0.2, 0) is 12.8 Å². The van der Waals surface area contributed by atoms with Crippen LogP contribution in [-0.4, -0.2) is 22.1 Å². The number of aromatic carboxylic acids is 1. The minimum absolute atomic E-state index is 0.0913. The van der Waals surface area contributed by atoms with Crippen molar-refractivity contribution in [2.45, 2.75) is 25.7 Å². The topological polar surface area (TPSA) is 91.3 Å². The Morgan fingerprint density at radius 3 is 2.81 bits per heavy atom. The number of thiophene rings is 1. The molecule has 110 valence electrons. The highest BCUT2D eigenvalue weighted by atomic mass is 32.1. The normalized spacial score (nSPS) is 13.5. The van der Waals surface area contributed by atoms with Gasteiger partial charge >= 0.3 is 12.0 Å². The Kier molecular flexibility index (Phi) is 3.89. The number of fused-ring (bicyclic) bond motifs is 1. The van der Waals surface area contributed by atoms with Gasteiger partial charge in [-0.15, -0.1) is 22.7 Å². The minimum Gasteiger partial charge on any atom is -0.478 e. The average molecular weight is 323 g/mol. The number of hydrogen-bond donors (Lipinski definition) is 3. The Bertz CT molecular complexity index is 669. The zero-order valence-electron chi connectivity index (χ0n) is 11.0. The molecule has 0 unspecified atom stereocenters. The third kappa shape index (κ3) is 3.06. The van der Waals surface area contributed by atoms with Crippen LogP contribution in [0.1, 0.15) is 33.8 Å². The number of aromatic nitrogens is 1. The molecule has 2 aromatic rings. The SMILES string of the molecule is O=C(Nc1nc2c(s1)CCCC2)Nc1sccc1C(=O)O. The van der Waals surface area contributed by atoms with Gasteiger partial charge in [-0.3, -0.25) is 10.6 Å². The second kappa shape index (κ2) is 5.82. The van der Waals surface area contributed by atoms with E-state index >= 15 is 0 Å². The quantitative estimate of drug-likeness (QED) is 0.807. The fourth-order valence-corrected chi connectivity index (χ4v) is 4.03. The van der Waals surface area contributed by atoms with Gasteiger partial charge in [0.2, 0.25) is 0 Å². The van der Waals surface area contributed by atoms with Gasteiger partial charge in [-0.05, 0) is 37.1 Å². The van der Waals surface area contributed by atoms with E-state index in [0.29, 0.717) is 10.1 Å². The van der Waals surface area contributed by atoms with E-state index in [-0.39, 0.29) is 5.56 Å². The number of hydrogen-bond acceptors (Lipinski definition) is 5. The van der Waals surface area contributed by atoms with Gasteiger partial charge in [0.15, 0.2) is 5.13 Å². The van der Waals surface area contributed by atoms with Gasteiger partial charge in [-0.2, -0.15) is 0 Å². The largest absolute Gasteiger partial charge is 0.478 e. The van der Waals surface area contributed by atoms with Gasteiger partial charge in [0.1, 0.15) is 5.00 Å². The van der Waals surface area contributed by atoms with Crippen molar-refractivity contribution in [3.05, 3.63) is 27.6 Å². The monoisotopic (exact) mass is 323 g/mol. The van der Waals surface area contributed by atoms with Crippen molar-refractivity contribution in [3.8, 4) is 0 Å². The number of carboxylic acid groups (broad SMARTS) is 1. The molecule has 0 radical (unpaired) electrons. The predicted molar refractivity (Wildman–Crippen MR) is 82.7 cm³/mol. The van der Waals surface area contributed by atoms with Crippen LogP contribution in [0.15, 0.2) is 11.4 Å². The molecule has 0 saturated carbocycles. The van der Waals surface area contributed by atoms with E-state index in [1.807, 2.05) is 0 Å². The molecule has 1 aliphatic carbocycles. The molecule has 21 heavy (non-hydrogen) atoms. The lowest BCUT2D eigenvalue weighted by Gasteiger charge is -2.06. The molecule has 8 heteroatoms. The molecule has 2 heterocycles. The van der Waals surface area contributed by atoms with Gasteiger partial charge in [0.25, 0.3) is 0 Å². The van der Waals surface area contributed by atoms with Crippen molar-refractivity contribution >= 4 is 44.8 Å². The van der Waals surface area contributed by atoms with Crippen molar-refractivity contribution in [2.75, 3.05) is 10.6 Å². The maximum Gasteiger partial charge on any atom is 0.338 e. The summed E-state index contributed by atoms with van der Waals surface area (Å²) < 4.78 is 0. The first-order chi connectivity index (χ1) is 10.1. The first kappa shape index (κ1) is 14.0. The number of urea groups is 1. The van der Waals surface area contributed by atoms with Crippen LogP contribution in [0, 0.1) is 0 Å². The number of carbonyl (C=O) groups excluding carboxylic acids is 1. The number of rotatable bonds is 3. The molecule has 2 amide bonds. The van der Waals surface area contributed by atoms with E-state index in [9.17, 15) is 9.59 Å². The zero-order chi connectivity index (χ0) is 14.8. The summed E-state index contributed by atoms with van der Waals surface area (Å²) in [4.78, 5) is 28.6. The van der Waals surface area contributed by atoms with Gasteiger partial charge in [0, 0.05) is 4.88 Å². The van der Waals surface area contributed by atoms with Crippen LogP contribution in [0.3, 0.4) is 0 Å². The van der Waals surface area contributed by atoms with Crippen LogP contribution >= 0.6 is 22.7 Å². The average Bonchev–Trinajstić information content (AvgIpc) is 3.03. The molecule has 0 atom stereocenters. The molecule has 0 aromatic carbocycles. The van der Waals surface area contributed by atoms with E-state index < -0.39 is 12.0 Å². The van der Waals surface area contributed by atoms with Gasteiger partial charge in [-0.25, -0.2) is 14.6 Å².